The second-order valence-corrected chi connectivity index (χ2v) is 11.7. The van der Waals surface area contributed by atoms with Crippen LogP contribution in [0.3, 0.4) is 0 Å². The normalized spacial score (nSPS) is 65.0. The van der Waals surface area contributed by atoms with Crippen LogP contribution in [0.5, 0.6) is 0 Å². The number of aliphatic hydroxyl groups excluding tert-OH is 1. The van der Waals surface area contributed by atoms with Crippen molar-refractivity contribution < 1.29 is 14.6 Å². The van der Waals surface area contributed by atoms with Crippen LogP contribution in [0, 0.1) is 52.3 Å². The van der Waals surface area contributed by atoms with Crippen molar-refractivity contribution in [2.45, 2.75) is 77.1 Å². The van der Waals surface area contributed by atoms with Crippen LogP contribution in [0.4, 0.5) is 0 Å². The van der Waals surface area contributed by atoms with E-state index in [1.54, 1.807) is 5.57 Å². The summed E-state index contributed by atoms with van der Waals surface area (Å²) < 4.78 is 6.41. The van der Waals surface area contributed by atoms with Gasteiger partial charge in [0, 0.05) is 18.3 Å². The van der Waals surface area contributed by atoms with Gasteiger partial charge in [0.05, 0.1) is 5.60 Å². The summed E-state index contributed by atoms with van der Waals surface area (Å²) in [4.78, 5) is 12.2. The molecule has 0 radical (unpaired) electrons. The van der Waals surface area contributed by atoms with Gasteiger partial charge in [0.2, 0.25) is 0 Å². The number of hydrogen-bond donors (Lipinski definition) is 1. The van der Waals surface area contributed by atoms with Crippen LogP contribution >= 0.6 is 0 Å². The number of carbonyl (C=O) groups excluding carboxylic acids is 1. The topological polar surface area (TPSA) is 46.5 Å². The van der Waals surface area contributed by atoms with E-state index in [9.17, 15) is 9.90 Å². The number of aliphatic hydroxyl groups is 1. The summed E-state index contributed by atoms with van der Waals surface area (Å²) in [5.74, 6) is 5.84. The lowest BCUT2D eigenvalue weighted by Gasteiger charge is -2.60. The van der Waals surface area contributed by atoms with Crippen molar-refractivity contribution in [2.75, 3.05) is 0 Å². The zero-order chi connectivity index (χ0) is 18.3. The molecule has 0 aromatic carbocycles. The molecule has 0 amide bonds. The van der Waals surface area contributed by atoms with E-state index in [1.165, 1.54) is 25.7 Å². The molecule has 7 aliphatic rings. The standard InChI is InChI=1S/C24H32O3/c1-22-6-3-12(25)9-17(22)13-10-14(13)20-16(22)4-7-23(2)21(20)15-11-18(15)24(23)8-5-19(26)27-24/h9,13-16,18-21,26H,3-8,10-11H2,1-2H3/t13?,14?,15?,16-,18?,19?,20?,21-,22+,23-,24-/m0/s1. The van der Waals surface area contributed by atoms with Crippen molar-refractivity contribution in [1.29, 1.82) is 0 Å². The summed E-state index contributed by atoms with van der Waals surface area (Å²) >= 11 is 0. The molecule has 1 heterocycles. The number of ketones is 1. The molecule has 0 aromatic heterocycles. The first-order chi connectivity index (χ1) is 12.9. The summed E-state index contributed by atoms with van der Waals surface area (Å²) in [5.41, 5.74) is 2.04. The Kier molecular flexibility index (Phi) is 2.73. The zero-order valence-electron chi connectivity index (χ0n) is 16.6. The molecule has 3 heteroatoms. The Morgan fingerprint density at radius 3 is 2.70 bits per heavy atom. The highest BCUT2D eigenvalue weighted by atomic mass is 16.6. The first-order valence-electron chi connectivity index (χ1n) is 11.5. The SMILES string of the molecule is C[C@]12CCC(=O)C=C1C1CC1C1[C@@H]3C4CC4[C@@]4(CCC(O)O4)[C@@]3(C)CC[C@@H]12. The maximum atomic E-state index is 12.2. The molecule has 6 unspecified atom stereocenters. The minimum absolute atomic E-state index is 0.0311. The van der Waals surface area contributed by atoms with Gasteiger partial charge in [0.15, 0.2) is 12.1 Å². The third-order valence-electron chi connectivity index (χ3n) is 11.0. The minimum atomic E-state index is -0.531. The molecule has 146 valence electrons. The highest BCUT2D eigenvalue weighted by Crippen LogP contribution is 2.82. The molecule has 3 nitrogen and oxygen atoms in total. The lowest BCUT2D eigenvalue weighted by Crippen LogP contribution is -2.57. The van der Waals surface area contributed by atoms with Crippen molar-refractivity contribution >= 4 is 5.78 Å². The molecule has 0 bridgehead atoms. The fourth-order valence-electron chi connectivity index (χ4n) is 9.88. The quantitative estimate of drug-likeness (QED) is 0.700. The Labute approximate surface area is 161 Å². The smallest absolute Gasteiger partial charge is 0.155 e. The minimum Gasteiger partial charge on any atom is -0.368 e. The maximum absolute atomic E-state index is 12.2. The highest BCUT2D eigenvalue weighted by molar-refractivity contribution is 5.92. The van der Waals surface area contributed by atoms with Gasteiger partial charge in [-0.05, 0) is 91.4 Å². The lowest BCUT2D eigenvalue weighted by molar-refractivity contribution is -0.210. The van der Waals surface area contributed by atoms with Crippen molar-refractivity contribution in [1.82, 2.24) is 0 Å². The number of carbonyl (C=O) groups is 1. The van der Waals surface area contributed by atoms with Crippen LogP contribution in [0.15, 0.2) is 11.6 Å². The Morgan fingerprint density at radius 1 is 1.07 bits per heavy atom. The van der Waals surface area contributed by atoms with E-state index >= 15 is 0 Å². The van der Waals surface area contributed by atoms with Gasteiger partial charge in [-0.3, -0.25) is 4.79 Å². The van der Waals surface area contributed by atoms with Gasteiger partial charge in [-0.2, -0.15) is 0 Å². The van der Waals surface area contributed by atoms with Crippen molar-refractivity contribution in [3.8, 4) is 0 Å². The monoisotopic (exact) mass is 368 g/mol. The Morgan fingerprint density at radius 2 is 1.93 bits per heavy atom. The molecule has 7 rings (SSSR count). The molecule has 27 heavy (non-hydrogen) atoms. The first-order valence-corrected chi connectivity index (χ1v) is 11.5. The first kappa shape index (κ1) is 16.2. The Balaban J connectivity index is 1.33. The van der Waals surface area contributed by atoms with Crippen LogP contribution in [-0.4, -0.2) is 22.8 Å². The van der Waals surface area contributed by atoms with Gasteiger partial charge in [-0.15, -0.1) is 0 Å². The van der Waals surface area contributed by atoms with Gasteiger partial charge >= 0.3 is 0 Å². The summed E-state index contributed by atoms with van der Waals surface area (Å²) in [6, 6.07) is 0. The molecule has 5 saturated carbocycles. The van der Waals surface area contributed by atoms with Gasteiger partial charge < -0.3 is 9.84 Å². The van der Waals surface area contributed by atoms with E-state index < -0.39 is 6.29 Å². The van der Waals surface area contributed by atoms with E-state index in [-0.39, 0.29) is 16.4 Å². The van der Waals surface area contributed by atoms with Crippen LogP contribution < -0.4 is 0 Å². The van der Waals surface area contributed by atoms with E-state index in [4.69, 9.17) is 4.74 Å². The number of rotatable bonds is 0. The Bertz CT molecular complexity index is 786. The van der Waals surface area contributed by atoms with Crippen molar-refractivity contribution in [2.24, 2.45) is 52.3 Å². The summed E-state index contributed by atoms with van der Waals surface area (Å²) in [7, 11) is 0. The number of ether oxygens (including phenoxy) is 1. The Hall–Kier alpha value is -0.670. The molecule has 6 fully saturated rings. The van der Waals surface area contributed by atoms with Gasteiger partial charge in [-0.25, -0.2) is 0 Å². The summed E-state index contributed by atoms with van der Waals surface area (Å²) in [6.45, 7) is 5.04. The molecule has 0 aromatic rings. The van der Waals surface area contributed by atoms with E-state index in [0.717, 1.165) is 55.3 Å². The van der Waals surface area contributed by atoms with Crippen LogP contribution in [-0.2, 0) is 9.53 Å². The van der Waals surface area contributed by atoms with Crippen LogP contribution in [0.1, 0.15) is 65.2 Å². The summed E-state index contributed by atoms with van der Waals surface area (Å²) in [6.07, 6.45) is 10.5. The largest absolute Gasteiger partial charge is 0.368 e. The summed E-state index contributed by atoms with van der Waals surface area (Å²) in [5, 5.41) is 10.2. The van der Waals surface area contributed by atoms with Gasteiger partial charge in [0.1, 0.15) is 0 Å². The number of fused-ring (bicyclic) bond motifs is 12. The average Bonchev–Trinajstić information content (AvgIpc) is 3.53. The van der Waals surface area contributed by atoms with Crippen molar-refractivity contribution in [3.05, 3.63) is 11.6 Å². The highest BCUT2D eigenvalue weighted by Gasteiger charge is 2.80. The van der Waals surface area contributed by atoms with E-state index in [0.29, 0.717) is 17.6 Å². The maximum Gasteiger partial charge on any atom is 0.155 e. The van der Waals surface area contributed by atoms with Crippen molar-refractivity contribution in [3.63, 3.8) is 0 Å². The second-order valence-electron chi connectivity index (χ2n) is 11.7. The molecule has 6 aliphatic carbocycles. The fraction of sp³-hybridized carbons (Fsp3) is 0.875. The third kappa shape index (κ3) is 1.65. The number of allylic oxidation sites excluding steroid dienone is 1. The average molecular weight is 369 g/mol. The van der Waals surface area contributed by atoms with Crippen LogP contribution in [0.2, 0.25) is 0 Å². The second kappa shape index (κ2) is 4.56. The molecule has 1 spiro atoms. The molecular formula is C24H32O3. The van der Waals surface area contributed by atoms with E-state index in [1.807, 2.05) is 0 Å². The van der Waals surface area contributed by atoms with Crippen LogP contribution in [0.25, 0.3) is 0 Å². The predicted octanol–water partition coefficient (Wildman–Crippen LogP) is 4.10. The predicted molar refractivity (Wildman–Crippen MR) is 100 cm³/mol. The third-order valence-corrected chi connectivity index (χ3v) is 11.0. The van der Waals surface area contributed by atoms with E-state index in [2.05, 4.69) is 19.9 Å². The lowest BCUT2D eigenvalue weighted by atomic mass is 9.45. The molecular weight excluding hydrogens is 336 g/mol. The van der Waals surface area contributed by atoms with Gasteiger partial charge in [0.25, 0.3) is 0 Å². The molecule has 1 saturated heterocycles. The van der Waals surface area contributed by atoms with Gasteiger partial charge in [-0.1, -0.05) is 19.4 Å². The fourth-order valence-corrected chi connectivity index (χ4v) is 9.88. The zero-order valence-corrected chi connectivity index (χ0v) is 16.6. The molecule has 1 aliphatic heterocycles. The number of hydrogen-bond acceptors (Lipinski definition) is 3. The molecule has 1 N–H and O–H groups in total. The molecule has 11 atom stereocenters.